The van der Waals surface area contributed by atoms with Gasteiger partial charge >= 0.3 is 0 Å². The summed E-state index contributed by atoms with van der Waals surface area (Å²) in [5.74, 6) is 1.06. The van der Waals surface area contributed by atoms with Crippen molar-refractivity contribution in [3.63, 3.8) is 0 Å². The van der Waals surface area contributed by atoms with Crippen molar-refractivity contribution in [2.45, 2.75) is 6.92 Å². The number of aliphatic hydroxyl groups excluding tert-OH is 1. The predicted octanol–water partition coefficient (Wildman–Crippen LogP) is 5.30. The van der Waals surface area contributed by atoms with E-state index in [2.05, 4.69) is 11.5 Å². The Morgan fingerprint density at radius 3 is 2.19 bits per heavy atom. The number of rotatable bonds is 10. The van der Waals surface area contributed by atoms with Crippen LogP contribution in [0, 0.1) is 6.92 Å². The van der Waals surface area contributed by atoms with Gasteiger partial charge in [0.05, 0.1) is 26.9 Å². The Balaban J connectivity index is 2.08. The summed E-state index contributed by atoms with van der Waals surface area (Å²) in [6, 6.07) is 10.9. The molecule has 0 aromatic heterocycles. The number of ether oxygens (including phenoxy) is 2. The van der Waals surface area contributed by atoms with E-state index in [4.69, 9.17) is 14.4 Å². The maximum atomic E-state index is 12.1. The lowest BCUT2D eigenvalue weighted by molar-refractivity contribution is -0.207. The molecule has 162 valence electrons. The molecule has 0 bridgehead atoms. The Bertz CT molecular complexity index is 1030. The first-order valence-corrected chi connectivity index (χ1v) is 9.41. The van der Waals surface area contributed by atoms with Gasteiger partial charge < -0.3 is 19.5 Å². The molecule has 0 saturated carbocycles. The highest BCUT2D eigenvalue weighted by molar-refractivity contribution is 6.02. The van der Waals surface area contributed by atoms with E-state index in [1.165, 1.54) is 26.4 Å². The lowest BCUT2D eigenvalue weighted by Gasteiger charge is -2.10. The third-order valence-electron chi connectivity index (χ3n) is 4.32. The molecule has 0 unspecified atom stereocenters. The summed E-state index contributed by atoms with van der Waals surface area (Å²) >= 11 is 0. The molecule has 0 spiro atoms. The highest BCUT2D eigenvalue weighted by Crippen LogP contribution is 2.27. The van der Waals surface area contributed by atoms with Crippen LogP contribution in [-0.4, -0.2) is 32.2 Å². The summed E-state index contributed by atoms with van der Waals surface area (Å²) < 4.78 is 10.6. The molecule has 0 atom stereocenters. The van der Waals surface area contributed by atoms with Crippen molar-refractivity contribution >= 4 is 23.7 Å². The van der Waals surface area contributed by atoms with Gasteiger partial charge in [-0.2, -0.15) is 4.89 Å². The van der Waals surface area contributed by atoms with E-state index in [0.717, 1.165) is 28.5 Å². The zero-order valence-electron chi connectivity index (χ0n) is 18.0. The van der Waals surface area contributed by atoms with Crippen molar-refractivity contribution in [3.05, 3.63) is 89.2 Å². The first kappa shape index (κ1) is 23.5. The SMILES string of the molecule is C=C(OOC)c1ccc(/C=C/C(O)=C/C(=O)/C=C/c2ccc(C)c(OC)c2)cc1OC. The lowest BCUT2D eigenvalue weighted by Crippen LogP contribution is -1.95. The summed E-state index contributed by atoms with van der Waals surface area (Å²) in [4.78, 5) is 21.6. The summed E-state index contributed by atoms with van der Waals surface area (Å²) in [5, 5.41) is 10.1. The Kier molecular flexibility index (Phi) is 8.66. The number of carbonyl (C=O) groups excluding carboxylic acids is 1. The molecular weight excluding hydrogens is 396 g/mol. The molecule has 0 heterocycles. The largest absolute Gasteiger partial charge is 0.508 e. The lowest BCUT2D eigenvalue weighted by atomic mass is 10.1. The molecule has 2 aromatic rings. The normalized spacial score (nSPS) is 11.7. The average molecular weight is 422 g/mol. The van der Waals surface area contributed by atoms with Crippen LogP contribution in [0.2, 0.25) is 0 Å². The molecule has 6 nitrogen and oxygen atoms in total. The van der Waals surface area contributed by atoms with Crippen LogP contribution in [0.4, 0.5) is 0 Å². The maximum Gasteiger partial charge on any atom is 0.182 e. The summed E-state index contributed by atoms with van der Waals surface area (Å²) in [6.45, 7) is 5.71. The van der Waals surface area contributed by atoms with Crippen LogP contribution in [0.25, 0.3) is 17.9 Å². The Hall–Kier alpha value is -3.77. The van der Waals surface area contributed by atoms with Crippen molar-refractivity contribution in [2.24, 2.45) is 0 Å². The van der Waals surface area contributed by atoms with Gasteiger partial charge in [-0.05, 0) is 54.0 Å². The topological polar surface area (TPSA) is 74.2 Å². The third kappa shape index (κ3) is 6.90. The summed E-state index contributed by atoms with van der Waals surface area (Å²) in [6.07, 6.45) is 7.26. The standard InChI is InChI=1S/C25H26O6/c1-17-6-7-19(14-24(17)28-3)8-11-21(26)16-22(27)12-9-20-10-13-23(18(2)31-30-5)25(15-20)29-4/h6-16,27H,2H2,1,3-5H3/b11-8+,12-9+,22-16-. The zero-order chi connectivity index (χ0) is 22.8. The molecule has 2 aromatic carbocycles. The first-order chi connectivity index (χ1) is 14.9. The van der Waals surface area contributed by atoms with Crippen LogP contribution in [0.5, 0.6) is 11.5 Å². The Morgan fingerprint density at radius 1 is 0.935 bits per heavy atom. The quantitative estimate of drug-likeness (QED) is 0.184. The number of allylic oxidation sites excluding steroid dienone is 3. The minimum atomic E-state index is -0.345. The van der Waals surface area contributed by atoms with Crippen LogP contribution in [0.3, 0.4) is 0 Å². The number of hydrogen-bond donors (Lipinski definition) is 1. The smallest absolute Gasteiger partial charge is 0.182 e. The van der Waals surface area contributed by atoms with Crippen molar-refractivity contribution in [1.82, 2.24) is 0 Å². The molecule has 0 amide bonds. The van der Waals surface area contributed by atoms with E-state index in [9.17, 15) is 9.90 Å². The number of methoxy groups -OCH3 is 2. The highest BCUT2D eigenvalue weighted by Gasteiger charge is 2.09. The second kappa shape index (κ2) is 11.4. The summed E-state index contributed by atoms with van der Waals surface area (Å²) in [5.41, 5.74) is 3.22. The van der Waals surface area contributed by atoms with Crippen molar-refractivity contribution in [1.29, 1.82) is 0 Å². The highest BCUT2D eigenvalue weighted by atomic mass is 17.2. The Morgan fingerprint density at radius 2 is 1.55 bits per heavy atom. The van der Waals surface area contributed by atoms with E-state index in [-0.39, 0.29) is 11.5 Å². The van der Waals surface area contributed by atoms with Crippen LogP contribution >= 0.6 is 0 Å². The zero-order valence-corrected chi connectivity index (χ0v) is 18.0. The van der Waals surface area contributed by atoms with Crippen LogP contribution in [0.1, 0.15) is 22.3 Å². The number of carbonyl (C=O) groups is 1. The van der Waals surface area contributed by atoms with E-state index < -0.39 is 0 Å². The molecular formula is C25H26O6. The van der Waals surface area contributed by atoms with Gasteiger partial charge in [-0.3, -0.25) is 4.79 Å². The van der Waals surface area contributed by atoms with Crippen molar-refractivity contribution in [2.75, 3.05) is 21.3 Å². The first-order valence-electron chi connectivity index (χ1n) is 9.41. The van der Waals surface area contributed by atoms with E-state index >= 15 is 0 Å². The van der Waals surface area contributed by atoms with Crippen molar-refractivity contribution in [3.8, 4) is 11.5 Å². The fourth-order valence-electron chi connectivity index (χ4n) is 2.73. The number of aliphatic hydroxyl groups is 1. The van der Waals surface area contributed by atoms with Gasteiger partial charge in [-0.25, -0.2) is 0 Å². The average Bonchev–Trinajstić information content (AvgIpc) is 2.77. The van der Waals surface area contributed by atoms with Gasteiger partial charge in [0.15, 0.2) is 11.5 Å². The molecule has 0 radical (unpaired) electrons. The number of benzene rings is 2. The fourth-order valence-corrected chi connectivity index (χ4v) is 2.73. The molecule has 1 N–H and O–H groups in total. The molecule has 0 aliphatic heterocycles. The van der Waals surface area contributed by atoms with Crippen LogP contribution in [-0.2, 0) is 14.6 Å². The molecule has 0 fully saturated rings. The number of hydrogen-bond acceptors (Lipinski definition) is 6. The Labute approximate surface area is 182 Å². The minimum absolute atomic E-state index is 0.175. The van der Waals surface area contributed by atoms with Gasteiger partial charge in [0.25, 0.3) is 0 Å². The van der Waals surface area contributed by atoms with Crippen LogP contribution in [0.15, 0.2) is 67.0 Å². The monoisotopic (exact) mass is 422 g/mol. The second-order valence-electron chi connectivity index (χ2n) is 6.50. The summed E-state index contributed by atoms with van der Waals surface area (Å²) in [7, 11) is 4.51. The molecule has 2 rings (SSSR count). The van der Waals surface area contributed by atoms with Gasteiger partial charge in [-0.1, -0.05) is 36.9 Å². The van der Waals surface area contributed by atoms with E-state index in [1.54, 1.807) is 37.5 Å². The third-order valence-corrected chi connectivity index (χ3v) is 4.32. The molecule has 6 heteroatoms. The fraction of sp³-hybridized carbons (Fsp3) is 0.160. The number of ketones is 1. The minimum Gasteiger partial charge on any atom is -0.508 e. The van der Waals surface area contributed by atoms with Crippen LogP contribution < -0.4 is 9.47 Å². The second-order valence-corrected chi connectivity index (χ2v) is 6.50. The van der Waals surface area contributed by atoms with Gasteiger partial charge in [0.2, 0.25) is 0 Å². The van der Waals surface area contributed by atoms with E-state index in [1.807, 2.05) is 25.1 Å². The van der Waals surface area contributed by atoms with Gasteiger partial charge in [-0.15, -0.1) is 0 Å². The molecule has 0 aliphatic carbocycles. The van der Waals surface area contributed by atoms with Gasteiger partial charge in [0, 0.05) is 6.08 Å². The molecule has 0 saturated heterocycles. The maximum absolute atomic E-state index is 12.1. The molecule has 31 heavy (non-hydrogen) atoms. The predicted molar refractivity (Wildman–Crippen MR) is 122 cm³/mol. The van der Waals surface area contributed by atoms with Gasteiger partial charge in [0.1, 0.15) is 17.3 Å². The molecule has 0 aliphatic rings. The number of aryl methyl sites for hydroxylation is 1. The van der Waals surface area contributed by atoms with Crippen molar-refractivity contribution < 1.29 is 29.1 Å². The van der Waals surface area contributed by atoms with E-state index in [0.29, 0.717) is 17.1 Å².